The van der Waals surface area contributed by atoms with E-state index in [0.29, 0.717) is 36.8 Å². The predicted octanol–water partition coefficient (Wildman–Crippen LogP) is 4.16. The Labute approximate surface area is 176 Å². The number of benzene rings is 2. The van der Waals surface area contributed by atoms with E-state index >= 15 is 0 Å². The molecule has 0 fully saturated rings. The molecule has 0 bridgehead atoms. The van der Waals surface area contributed by atoms with Crippen LogP contribution in [-0.4, -0.2) is 24.6 Å². The van der Waals surface area contributed by atoms with Crippen molar-refractivity contribution in [1.29, 1.82) is 0 Å². The minimum atomic E-state index is -0.195. The molecule has 154 valence electrons. The molecule has 1 aromatic heterocycles. The van der Waals surface area contributed by atoms with E-state index in [0.717, 1.165) is 17.0 Å². The fraction of sp³-hybridized carbons (Fsp3) is 0.167. The maximum Gasteiger partial charge on any atom is 0.251 e. The molecule has 1 amide bonds. The highest BCUT2D eigenvalue weighted by Gasteiger charge is 2.11. The Morgan fingerprint density at radius 2 is 1.90 bits per heavy atom. The van der Waals surface area contributed by atoms with Crippen LogP contribution in [0.2, 0.25) is 0 Å². The monoisotopic (exact) mass is 404 g/mol. The number of aromatic nitrogens is 1. The number of nitrogens with zero attached hydrogens (tertiary/aromatic N) is 1. The Hall–Kier alpha value is -3.80. The summed E-state index contributed by atoms with van der Waals surface area (Å²) >= 11 is 0. The fourth-order valence-corrected chi connectivity index (χ4v) is 2.71. The van der Waals surface area contributed by atoms with Crippen molar-refractivity contribution >= 4 is 5.91 Å². The Balaban J connectivity index is 1.53. The van der Waals surface area contributed by atoms with Crippen molar-refractivity contribution in [2.24, 2.45) is 0 Å². The highest BCUT2D eigenvalue weighted by molar-refractivity contribution is 5.94. The first-order chi connectivity index (χ1) is 14.7. The minimum absolute atomic E-state index is 0.195. The second-order valence-electron chi connectivity index (χ2n) is 6.40. The van der Waals surface area contributed by atoms with E-state index < -0.39 is 0 Å². The molecular weight excluding hydrogens is 380 g/mol. The fourth-order valence-electron chi connectivity index (χ4n) is 2.71. The Kier molecular flexibility index (Phi) is 7.44. The summed E-state index contributed by atoms with van der Waals surface area (Å²) in [5, 5.41) is 2.90. The molecule has 6 nitrogen and oxygen atoms in total. The second-order valence-corrected chi connectivity index (χ2v) is 6.40. The quantitative estimate of drug-likeness (QED) is 0.514. The Morgan fingerprint density at radius 1 is 1.07 bits per heavy atom. The van der Waals surface area contributed by atoms with Gasteiger partial charge in [0.15, 0.2) is 11.5 Å². The van der Waals surface area contributed by atoms with Crippen LogP contribution in [0.3, 0.4) is 0 Å². The largest absolute Gasteiger partial charge is 0.493 e. The van der Waals surface area contributed by atoms with Gasteiger partial charge >= 0.3 is 0 Å². The number of rotatable bonds is 10. The topological polar surface area (TPSA) is 69.7 Å². The first kappa shape index (κ1) is 20.9. The van der Waals surface area contributed by atoms with Crippen molar-refractivity contribution in [3.05, 3.63) is 96.3 Å². The summed E-state index contributed by atoms with van der Waals surface area (Å²) in [6.07, 6.45) is 3.39. The van der Waals surface area contributed by atoms with Gasteiger partial charge in [-0.1, -0.05) is 30.9 Å². The number of carbonyl (C=O) groups excluding carboxylic acids is 1. The third kappa shape index (κ3) is 5.85. The SMILES string of the molecule is C=CCOc1ccc(C(=O)NCc2ccc(OCc3ccccn3)cc2)cc1OC. The van der Waals surface area contributed by atoms with Crippen LogP contribution in [0, 0.1) is 0 Å². The molecule has 0 aliphatic heterocycles. The van der Waals surface area contributed by atoms with Crippen LogP contribution in [0.4, 0.5) is 0 Å². The number of methoxy groups -OCH3 is 1. The lowest BCUT2D eigenvalue weighted by atomic mass is 10.1. The molecule has 0 saturated carbocycles. The molecule has 2 aromatic carbocycles. The molecule has 3 aromatic rings. The van der Waals surface area contributed by atoms with Crippen LogP contribution in [0.15, 0.2) is 79.5 Å². The Morgan fingerprint density at radius 3 is 2.60 bits per heavy atom. The first-order valence-corrected chi connectivity index (χ1v) is 9.51. The lowest BCUT2D eigenvalue weighted by Gasteiger charge is -2.11. The van der Waals surface area contributed by atoms with E-state index in [1.54, 1.807) is 30.5 Å². The van der Waals surface area contributed by atoms with Gasteiger partial charge in [0.25, 0.3) is 5.91 Å². The number of pyridine rings is 1. The number of carbonyl (C=O) groups is 1. The molecule has 6 heteroatoms. The number of nitrogens with one attached hydrogen (secondary N) is 1. The zero-order chi connectivity index (χ0) is 21.2. The lowest BCUT2D eigenvalue weighted by molar-refractivity contribution is 0.0950. The highest BCUT2D eigenvalue weighted by atomic mass is 16.5. The molecule has 30 heavy (non-hydrogen) atoms. The van der Waals surface area contributed by atoms with Crippen LogP contribution in [0.1, 0.15) is 21.6 Å². The molecule has 0 aliphatic carbocycles. The van der Waals surface area contributed by atoms with Crippen molar-refractivity contribution in [3.8, 4) is 17.2 Å². The van der Waals surface area contributed by atoms with Gasteiger partial charge in [0.2, 0.25) is 0 Å². The smallest absolute Gasteiger partial charge is 0.251 e. The molecule has 0 atom stereocenters. The summed E-state index contributed by atoms with van der Waals surface area (Å²) in [5.41, 5.74) is 2.32. The maximum absolute atomic E-state index is 12.5. The lowest BCUT2D eigenvalue weighted by Crippen LogP contribution is -2.22. The van der Waals surface area contributed by atoms with Crippen LogP contribution >= 0.6 is 0 Å². The predicted molar refractivity (Wildman–Crippen MR) is 115 cm³/mol. The van der Waals surface area contributed by atoms with Gasteiger partial charge in [-0.05, 0) is 48.0 Å². The number of hydrogen-bond donors (Lipinski definition) is 1. The molecule has 1 heterocycles. The van der Waals surface area contributed by atoms with E-state index in [-0.39, 0.29) is 5.91 Å². The average molecular weight is 404 g/mol. The molecule has 0 unspecified atom stereocenters. The van der Waals surface area contributed by atoms with Crippen LogP contribution < -0.4 is 19.5 Å². The zero-order valence-electron chi connectivity index (χ0n) is 16.8. The third-order valence-corrected chi connectivity index (χ3v) is 4.27. The molecule has 3 rings (SSSR count). The molecule has 0 spiro atoms. The van der Waals surface area contributed by atoms with Crippen LogP contribution in [0.5, 0.6) is 17.2 Å². The van der Waals surface area contributed by atoms with E-state index in [1.807, 2.05) is 42.5 Å². The van der Waals surface area contributed by atoms with Crippen molar-refractivity contribution < 1.29 is 19.0 Å². The summed E-state index contributed by atoms with van der Waals surface area (Å²) in [4.78, 5) is 16.7. The molecule has 1 N–H and O–H groups in total. The molecule has 0 aliphatic rings. The van der Waals surface area contributed by atoms with Gasteiger partial charge in [-0.2, -0.15) is 0 Å². The summed E-state index contributed by atoms with van der Waals surface area (Å²) in [6.45, 7) is 4.79. The van der Waals surface area contributed by atoms with Crippen molar-refractivity contribution in [3.63, 3.8) is 0 Å². The Bertz CT molecular complexity index is 972. The number of hydrogen-bond acceptors (Lipinski definition) is 5. The molecule has 0 radical (unpaired) electrons. The first-order valence-electron chi connectivity index (χ1n) is 9.51. The summed E-state index contributed by atoms with van der Waals surface area (Å²) in [5.74, 6) is 1.61. The average Bonchev–Trinajstić information content (AvgIpc) is 2.81. The normalized spacial score (nSPS) is 10.2. The van der Waals surface area contributed by atoms with Crippen LogP contribution in [0.25, 0.3) is 0 Å². The highest BCUT2D eigenvalue weighted by Crippen LogP contribution is 2.28. The van der Waals surface area contributed by atoms with Crippen LogP contribution in [-0.2, 0) is 13.2 Å². The molecular formula is C24H24N2O4. The second kappa shape index (κ2) is 10.7. The van der Waals surface area contributed by atoms with E-state index in [9.17, 15) is 4.79 Å². The number of ether oxygens (including phenoxy) is 3. The van der Waals surface area contributed by atoms with Crippen molar-refractivity contribution in [1.82, 2.24) is 10.3 Å². The van der Waals surface area contributed by atoms with Gasteiger partial charge < -0.3 is 19.5 Å². The standard InChI is InChI=1S/C24H24N2O4/c1-3-14-29-22-12-9-19(15-23(22)28-2)24(27)26-16-18-7-10-21(11-8-18)30-17-20-6-4-5-13-25-20/h3-13,15H,1,14,16-17H2,2H3,(H,26,27). The molecule has 0 saturated heterocycles. The number of amides is 1. The van der Waals surface area contributed by atoms with Crippen molar-refractivity contribution in [2.45, 2.75) is 13.2 Å². The van der Waals surface area contributed by atoms with Gasteiger partial charge in [0.05, 0.1) is 12.8 Å². The summed E-state index contributed by atoms with van der Waals surface area (Å²) < 4.78 is 16.5. The maximum atomic E-state index is 12.5. The zero-order valence-corrected chi connectivity index (χ0v) is 16.8. The third-order valence-electron chi connectivity index (χ3n) is 4.27. The van der Waals surface area contributed by atoms with Gasteiger partial charge in [-0.25, -0.2) is 0 Å². The van der Waals surface area contributed by atoms with Gasteiger partial charge in [-0.3, -0.25) is 9.78 Å². The van der Waals surface area contributed by atoms with Gasteiger partial charge in [0.1, 0.15) is 19.0 Å². The van der Waals surface area contributed by atoms with E-state index in [1.165, 1.54) is 7.11 Å². The minimum Gasteiger partial charge on any atom is -0.493 e. The van der Waals surface area contributed by atoms with E-state index in [2.05, 4.69) is 16.9 Å². The van der Waals surface area contributed by atoms with E-state index in [4.69, 9.17) is 14.2 Å². The van der Waals surface area contributed by atoms with Gasteiger partial charge in [-0.15, -0.1) is 0 Å². The summed E-state index contributed by atoms with van der Waals surface area (Å²) in [6, 6.07) is 18.4. The van der Waals surface area contributed by atoms with Gasteiger partial charge in [0, 0.05) is 18.3 Å². The summed E-state index contributed by atoms with van der Waals surface area (Å²) in [7, 11) is 1.54. The van der Waals surface area contributed by atoms with Crippen molar-refractivity contribution in [2.75, 3.05) is 13.7 Å².